The first kappa shape index (κ1) is 14.1. The van der Waals surface area contributed by atoms with Crippen molar-refractivity contribution >= 4 is 11.6 Å². The molecule has 100 valence electrons. The molecule has 0 bridgehead atoms. The maximum absolute atomic E-state index is 6.21. The average Bonchev–Trinajstić information content (AvgIpc) is 2.38. The lowest BCUT2D eigenvalue weighted by Gasteiger charge is -2.16. The summed E-state index contributed by atoms with van der Waals surface area (Å²) in [6, 6.07) is 14.8. The predicted molar refractivity (Wildman–Crippen MR) is 82.6 cm³/mol. The molecule has 0 fully saturated rings. The zero-order valence-electron chi connectivity index (χ0n) is 11.7. The van der Waals surface area contributed by atoms with Crippen LogP contribution in [0.15, 0.2) is 42.5 Å². The molecule has 2 heteroatoms. The summed E-state index contributed by atoms with van der Waals surface area (Å²) in [6.07, 6.45) is 0. The normalized spacial score (nSPS) is 12.4. The average molecular weight is 274 g/mol. The number of halogens is 1. The van der Waals surface area contributed by atoms with Gasteiger partial charge in [-0.15, -0.1) is 0 Å². The van der Waals surface area contributed by atoms with Crippen LogP contribution in [0.5, 0.6) is 0 Å². The van der Waals surface area contributed by atoms with Gasteiger partial charge in [-0.2, -0.15) is 0 Å². The highest BCUT2D eigenvalue weighted by Crippen LogP contribution is 2.22. The molecule has 0 saturated heterocycles. The van der Waals surface area contributed by atoms with Gasteiger partial charge in [0.15, 0.2) is 0 Å². The Morgan fingerprint density at radius 2 is 1.84 bits per heavy atom. The molecular formula is C17H20ClN. The van der Waals surface area contributed by atoms with Crippen LogP contribution in [-0.4, -0.2) is 0 Å². The van der Waals surface area contributed by atoms with E-state index in [1.807, 2.05) is 18.2 Å². The van der Waals surface area contributed by atoms with E-state index in [0.29, 0.717) is 0 Å². The largest absolute Gasteiger partial charge is 0.306 e. The fourth-order valence-electron chi connectivity index (χ4n) is 2.24. The number of aryl methyl sites for hydroxylation is 2. The van der Waals surface area contributed by atoms with Gasteiger partial charge in [-0.3, -0.25) is 0 Å². The molecular weight excluding hydrogens is 254 g/mol. The van der Waals surface area contributed by atoms with Gasteiger partial charge in [0, 0.05) is 17.6 Å². The lowest BCUT2D eigenvalue weighted by atomic mass is 10.0. The Morgan fingerprint density at radius 3 is 2.53 bits per heavy atom. The molecule has 0 radical (unpaired) electrons. The first-order valence-electron chi connectivity index (χ1n) is 6.62. The van der Waals surface area contributed by atoms with Crippen molar-refractivity contribution < 1.29 is 0 Å². The van der Waals surface area contributed by atoms with Crippen molar-refractivity contribution in [1.29, 1.82) is 0 Å². The van der Waals surface area contributed by atoms with Crippen molar-refractivity contribution in [3.8, 4) is 0 Å². The van der Waals surface area contributed by atoms with Gasteiger partial charge >= 0.3 is 0 Å². The maximum atomic E-state index is 6.21. The minimum Gasteiger partial charge on any atom is -0.306 e. The molecule has 0 amide bonds. The van der Waals surface area contributed by atoms with Crippen LogP contribution < -0.4 is 5.32 Å². The first-order chi connectivity index (χ1) is 9.08. The van der Waals surface area contributed by atoms with Crippen LogP contribution >= 0.6 is 11.6 Å². The van der Waals surface area contributed by atoms with E-state index in [1.165, 1.54) is 16.7 Å². The minimum atomic E-state index is 0.245. The fraction of sp³-hybridized carbons (Fsp3) is 0.294. The lowest BCUT2D eigenvalue weighted by Crippen LogP contribution is -2.19. The molecule has 0 heterocycles. The van der Waals surface area contributed by atoms with Crippen molar-refractivity contribution in [1.82, 2.24) is 5.32 Å². The third kappa shape index (κ3) is 3.59. The topological polar surface area (TPSA) is 12.0 Å². The van der Waals surface area contributed by atoms with E-state index in [4.69, 9.17) is 11.6 Å². The molecule has 0 unspecified atom stereocenters. The number of nitrogens with one attached hydrogen (secondary N) is 1. The molecule has 1 atom stereocenters. The molecule has 1 N–H and O–H groups in total. The van der Waals surface area contributed by atoms with Crippen molar-refractivity contribution in [3.05, 3.63) is 69.7 Å². The highest BCUT2D eigenvalue weighted by atomic mass is 35.5. The Morgan fingerprint density at radius 1 is 1.11 bits per heavy atom. The number of hydrogen-bond acceptors (Lipinski definition) is 1. The van der Waals surface area contributed by atoms with Crippen molar-refractivity contribution in [2.75, 3.05) is 0 Å². The van der Waals surface area contributed by atoms with Gasteiger partial charge in [-0.1, -0.05) is 53.6 Å². The number of benzene rings is 2. The second-order valence-corrected chi connectivity index (χ2v) is 5.46. The van der Waals surface area contributed by atoms with Gasteiger partial charge in [0.1, 0.15) is 0 Å². The van der Waals surface area contributed by atoms with Crippen LogP contribution in [0.1, 0.15) is 35.2 Å². The predicted octanol–water partition coefficient (Wildman–Crippen LogP) is 4.81. The van der Waals surface area contributed by atoms with Crippen LogP contribution in [0.25, 0.3) is 0 Å². The Labute approximate surface area is 120 Å². The molecule has 0 aliphatic carbocycles. The Balaban J connectivity index is 2.04. The summed E-state index contributed by atoms with van der Waals surface area (Å²) in [5, 5.41) is 4.35. The summed E-state index contributed by atoms with van der Waals surface area (Å²) < 4.78 is 0. The van der Waals surface area contributed by atoms with E-state index < -0.39 is 0 Å². The summed E-state index contributed by atoms with van der Waals surface area (Å²) in [7, 11) is 0. The summed E-state index contributed by atoms with van der Waals surface area (Å²) in [5.74, 6) is 0. The molecule has 2 aromatic rings. The molecule has 0 aliphatic rings. The van der Waals surface area contributed by atoms with Gasteiger partial charge in [0.2, 0.25) is 0 Å². The van der Waals surface area contributed by atoms with Gasteiger partial charge in [0.05, 0.1) is 0 Å². The van der Waals surface area contributed by atoms with Gasteiger partial charge < -0.3 is 5.32 Å². The molecule has 1 nitrogen and oxygen atoms in total. The molecule has 0 spiro atoms. The molecule has 0 aliphatic heterocycles. The fourth-order valence-corrected chi connectivity index (χ4v) is 2.54. The minimum absolute atomic E-state index is 0.245. The molecule has 0 aromatic heterocycles. The van der Waals surface area contributed by atoms with Crippen LogP contribution in [0.2, 0.25) is 5.02 Å². The third-order valence-corrected chi connectivity index (χ3v) is 3.81. The zero-order chi connectivity index (χ0) is 13.8. The van der Waals surface area contributed by atoms with Crippen molar-refractivity contribution in [3.63, 3.8) is 0 Å². The Bertz CT molecular complexity index is 563. The van der Waals surface area contributed by atoms with E-state index in [9.17, 15) is 0 Å². The van der Waals surface area contributed by atoms with Crippen LogP contribution in [0.3, 0.4) is 0 Å². The highest BCUT2D eigenvalue weighted by molar-refractivity contribution is 6.31. The van der Waals surface area contributed by atoms with Crippen LogP contribution in [-0.2, 0) is 6.54 Å². The second-order valence-electron chi connectivity index (χ2n) is 5.05. The summed E-state index contributed by atoms with van der Waals surface area (Å²) in [4.78, 5) is 0. The lowest BCUT2D eigenvalue weighted by molar-refractivity contribution is 0.573. The highest BCUT2D eigenvalue weighted by Gasteiger charge is 2.08. The van der Waals surface area contributed by atoms with E-state index in [0.717, 1.165) is 17.1 Å². The van der Waals surface area contributed by atoms with E-state index >= 15 is 0 Å². The van der Waals surface area contributed by atoms with Crippen molar-refractivity contribution in [2.24, 2.45) is 0 Å². The monoisotopic (exact) mass is 273 g/mol. The van der Waals surface area contributed by atoms with E-state index in [-0.39, 0.29) is 6.04 Å². The van der Waals surface area contributed by atoms with E-state index in [1.54, 1.807) is 0 Å². The number of rotatable bonds is 4. The van der Waals surface area contributed by atoms with Gasteiger partial charge in [-0.25, -0.2) is 0 Å². The molecule has 2 rings (SSSR count). The zero-order valence-corrected chi connectivity index (χ0v) is 12.5. The summed E-state index contributed by atoms with van der Waals surface area (Å²) in [5.41, 5.74) is 5.12. The van der Waals surface area contributed by atoms with Crippen molar-refractivity contribution in [2.45, 2.75) is 33.4 Å². The first-order valence-corrected chi connectivity index (χ1v) is 6.99. The Kier molecular flexibility index (Phi) is 4.62. The number of hydrogen-bond donors (Lipinski definition) is 1. The second kappa shape index (κ2) is 6.23. The summed E-state index contributed by atoms with van der Waals surface area (Å²) in [6.45, 7) is 7.28. The van der Waals surface area contributed by atoms with Crippen LogP contribution in [0, 0.1) is 13.8 Å². The van der Waals surface area contributed by atoms with Crippen LogP contribution in [0.4, 0.5) is 0 Å². The smallest absolute Gasteiger partial charge is 0.0453 e. The molecule has 2 aromatic carbocycles. The maximum Gasteiger partial charge on any atom is 0.0453 e. The van der Waals surface area contributed by atoms with Gasteiger partial charge in [0.25, 0.3) is 0 Å². The van der Waals surface area contributed by atoms with E-state index in [2.05, 4.69) is 50.4 Å². The Hall–Kier alpha value is -1.31. The summed E-state index contributed by atoms with van der Waals surface area (Å²) >= 11 is 6.21. The SMILES string of the molecule is Cc1ccc(CN[C@H](C)c2ccccc2Cl)c(C)c1. The third-order valence-electron chi connectivity index (χ3n) is 3.47. The molecule has 0 saturated carbocycles. The molecule has 19 heavy (non-hydrogen) atoms. The standard InChI is InChI=1S/C17H20ClN/c1-12-8-9-15(13(2)10-12)11-19-14(3)16-6-4-5-7-17(16)18/h4-10,14,19H,11H2,1-3H3/t14-/m1/s1. The quantitative estimate of drug-likeness (QED) is 0.843. The van der Waals surface area contributed by atoms with Gasteiger partial charge in [-0.05, 0) is 43.5 Å².